The molecule has 0 aliphatic carbocycles. The smallest absolute Gasteiger partial charge is 0.143 e. The molecule has 0 radical (unpaired) electrons. The Morgan fingerprint density at radius 3 is 2.52 bits per heavy atom. The van der Waals surface area contributed by atoms with Gasteiger partial charge in [-0.3, -0.25) is 0 Å². The van der Waals surface area contributed by atoms with E-state index >= 15 is 0 Å². The molecular formula is C15H11ClN4S. The highest BCUT2D eigenvalue weighted by atomic mass is 35.5. The van der Waals surface area contributed by atoms with Crippen LogP contribution in [0.4, 0.5) is 5.82 Å². The third kappa shape index (κ3) is 3.11. The molecule has 6 heteroatoms. The molecule has 0 saturated heterocycles. The van der Waals surface area contributed by atoms with Crippen molar-refractivity contribution in [3.05, 3.63) is 51.5 Å². The molecule has 0 amide bonds. The van der Waals surface area contributed by atoms with Gasteiger partial charge in [-0.2, -0.15) is 10.5 Å². The maximum Gasteiger partial charge on any atom is 0.143 e. The Balaban J connectivity index is 2.36. The number of hydrogen-bond acceptors (Lipinski definition) is 5. The van der Waals surface area contributed by atoms with Crippen LogP contribution in [0.2, 0.25) is 5.02 Å². The Bertz CT molecular complexity index is 774. The van der Waals surface area contributed by atoms with Gasteiger partial charge in [-0.15, -0.1) is 11.8 Å². The lowest BCUT2D eigenvalue weighted by Gasteiger charge is -2.10. The van der Waals surface area contributed by atoms with Crippen LogP contribution in [0.5, 0.6) is 0 Å². The molecule has 1 heterocycles. The van der Waals surface area contributed by atoms with E-state index in [1.807, 2.05) is 30.3 Å². The normalized spacial score (nSPS) is 9.90. The van der Waals surface area contributed by atoms with E-state index in [9.17, 15) is 5.26 Å². The van der Waals surface area contributed by atoms with Gasteiger partial charge in [-0.25, -0.2) is 4.98 Å². The lowest BCUT2D eigenvalue weighted by Crippen LogP contribution is -2.03. The number of halogens is 1. The lowest BCUT2D eigenvalue weighted by atomic mass is 10.1. The van der Waals surface area contributed by atoms with Crippen molar-refractivity contribution in [3.63, 3.8) is 0 Å². The Morgan fingerprint density at radius 2 is 1.90 bits per heavy atom. The van der Waals surface area contributed by atoms with Crippen LogP contribution in [-0.4, -0.2) is 4.98 Å². The van der Waals surface area contributed by atoms with Gasteiger partial charge in [0.1, 0.15) is 23.0 Å². The lowest BCUT2D eigenvalue weighted by molar-refractivity contribution is 1.08. The third-order valence-corrected chi connectivity index (χ3v) is 4.38. The SMILES string of the molecule is Cc1c(C#N)c(N)nc(SCc2ccccc2Cl)c1C#N. The van der Waals surface area contributed by atoms with Crippen molar-refractivity contribution in [3.8, 4) is 12.1 Å². The van der Waals surface area contributed by atoms with Gasteiger partial charge in [0.25, 0.3) is 0 Å². The number of thioether (sulfide) groups is 1. The zero-order valence-corrected chi connectivity index (χ0v) is 12.8. The van der Waals surface area contributed by atoms with Crippen molar-refractivity contribution in [2.75, 3.05) is 5.73 Å². The number of nitrogen functional groups attached to an aromatic ring is 1. The zero-order valence-electron chi connectivity index (χ0n) is 11.2. The number of rotatable bonds is 3. The molecule has 0 aliphatic rings. The minimum absolute atomic E-state index is 0.149. The molecule has 0 spiro atoms. The summed E-state index contributed by atoms with van der Waals surface area (Å²) in [7, 11) is 0. The summed E-state index contributed by atoms with van der Waals surface area (Å²) in [6.07, 6.45) is 0. The first-order valence-corrected chi connectivity index (χ1v) is 7.41. The Kier molecular flexibility index (Phi) is 4.70. The highest BCUT2D eigenvalue weighted by Crippen LogP contribution is 2.31. The number of nitrogens with zero attached hydrogens (tertiary/aromatic N) is 3. The van der Waals surface area contributed by atoms with Gasteiger partial charge in [0.15, 0.2) is 0 Å². The van der Waals surface area contributed by atoms with Crippen LogP contribution in [0.25, 0.3) is 0 Å². The molecule has 2 aromatic rings. The van der Waals surface area contributed by atoms with Crippen LogP contribution >= 0.6 is 23.4 Å². The molecule has 0 bridgehead atoms. The molecule has 0 fully saturated rings. The van der Waals surface area contributed by atoms with E-state index in [2.05, 4.69) is 11.1 Å². The van der Waals surface area contributed by atoms with Crippen LogP contribution in [0.3, 0.4) is 0 Å². The number of aromatic nitrogens is 1. The summed E-state index contributed by atoms with van der Waals surface area (Å²) >= 11 is 7.49. The number of benzene rings is 1. The first-order valence-electron chi connectivity index (χ1n) is 6.05. The largest absolute Gasteiger partial charge is 0.383 e. The summed E-state index contributed by atoms with van der Waals surface area (Å²) in [6.45, 7) is 1.70. The van der Waals surface area contributed by atoms with E-state index in [1.165, 1.54) is 11.8 Å². The molecule has 104 valence electrons. The number of pyridine rings is 1. The van der Waals surface area contributed by atoms with Crippen molar-refractivity contribution >= 4 is 29.2 Å². The van der Waals surface area contributed by atoms with E-state index < -0.39 is 0 Å². The second kappa shape index (κ2) is 6.49. The second-order valence-corrected chi connectivity index (χ2v) is 5.65. The molecule has 0 unspecified atom stereocenters. The van der Waals surface area contributed by atoms with E-state index in [4.69, 9.17) is 22.6 Å². The van der Waals surface area contributed by atoms with Gasteiger partial charge in [0, 0.05) is 10.8 Å². The van der Waals surface area contributed by atoms with Crippen molar-refractivity contribution in [2.45, 2.75) is 17.7 Å². The predicted octanol–water partition coefficient (Wildman–Crippen LogP) is 3.66. The zero-order chi connectivity index (χ0) is 15.4. The molecule has 1 aromatic heterocycles. The first kappa shape index (κ1) is 15.2. The van der Waals surface area contributed by atoms with Crippen molar-refractivity contribution in [1.29, 1.82) is 10.5 Å². The quantitative estimate of drug-likeness (QED) is 0.874. The summed E-state index contributed by atoms with van der Waals surface area (Å²) in [4.78, 5) is 4.17. The van der Waals surface area contributed by atoms with Crippen LogP contribution in [0.15, 0.2) is 29.3 Å². The molecule has 0 saturated carbocycles. The van der Waals surface area contributed by atoms with Gasteiger partial charge in [0.05, 0.1) is 11.1 Å². The summed E-state index contributed by atoms with van der Waals surface area (Å²) < 4.78 is 0. The third-order valence-electron chi connectivity index (χ3n) is 2.99. The molecule has 2 N–H and O–H groups in total. The summed E-state index contributed by atoms with van der Waals surface area (Å²) in [5, 5.41) is 19.5. The average molecular weight is 315 g/mol. The van der Waals surface area contributed by atoms with E-state index in [1.54, 1.807) is 6.92 Å². The number of anilines is 1. The van der Waals surface area contributed by atoms with E-state index in [-0.39, 0.29) is 11.4 Å². The van der Waals surface area contributed by atoms with E-state index in [0.29, 0.717) is 26.9 Å². The van der Waals surface area contributed by atoms with Gasteiger partial charge >= 0.3 is 0 Å². The number of nitrogens with two attached hydrogens (primary N) is 1. The molecule has 21 heavy (non-hydrogen) atoms. The Morgan fingerprint density at radius 1 is 1.24 bits per heavy atom. The highest BCUT2D eigenvalue weighted by Gasteiger charge is 2.16. The Labute approximate surface area is 132 Å². The molecule has 4 nitrogen and oxygen atoms in total. The summed E-state index contributed by atoms with van der Waals surface area (Å²) in [5.74, 6) is 0.724. The summed E-state index contributed by atoms with van der Waals surface area (Å²) in [6, 6.07) is 11.6. The van der Waals surface area contributed by atoms with Crippen LogP contribution in [0, 0.1) is 29.6 Å². The average Bonchev–Trinajstić information content (AvgIpc) is 2.46. The molecule has 0 aliphatic heterocycles. The summed E-state index contributed by atoms with van der Waals surface area (Å²) in [5.41, 5.74) is 7.94. The fourth-order valence-corrected chi connectivity index (χ4v) is 3.17. The molecule has 0 atom stereocenters. The minimum Gasteiger partial charge on any atom is -0.383 e. The van der Waals surface area contributed by atoms with E-state index in [0.717, 1.165) is 5.56 Å². The van der Waals surface area contributed by atoms with Gasteiger partial charge < -0.3 is 5.73 Å². The van der Waals surface area contributed by atoms with Gasteiger partial charge in [0.2, 0.25) is 0 Å². The Hall–Kier alpha value is -2.21. The van der Waals surface area contributed by atoms with Crippen molar-refractivity contribution in [1.82, 2.24) is 4.98 Å². The maximum absolute atomic E-state index is 9.28. The number of nitriles is 2. The van der Waals surface area contributed by atoms with Crippen molar-refractivity contribution < 1.29 is 0 Å². The number of hydrogen-bond donors (Lipinski definition) is 1. The van der Waals surface area contributed by atoms with Gasteiger partial charge in [-0.05, 0) is 24.1 Å². The molecule has 2 rings (SSSR count). The topological polar surface area (TPSA) is 86.5 Å². The molecule has 1 aromatic carbocycles. The standard InChI is InChI=1S/C15H11ClN4S/c1-9-11(6-17)14(19)20-15(12(9)7-18)21-8-10-4-2-3-5-13(10)16/h2-5H,8H2,1H3,(H2,19,20). The monoisotopic (exact) mass is 314 g/mol. The van der Waals surface area contributed by atoms with Crippen LogP contribution < -0.4 is 5.73 Å². The maximum atomic E-state index is 9.28. The predicted molar refractivity (Wildman–Crippen MR) is 83.8 cm³/mol. The van der Waals surface area contributed by atoms with Crippen LogP contribution in [-0.2, 0) is 5.75 Å². The second-order valence-electron chi connectivity index (χ2n) is 4.28. The fraction of sp³-hybridized carbons (Fsp3) is 0.133. The minimum atomic E-state index is 0.149. The van der Waals surface area contributed by atoms with Gasteiger partial charge in [-0.1, -0.05) is 29.8 Å². The fourth-order valence-electron chi connectivity index (χ4n) is 1.84. The first-order chi connectivity index (χ1) is 10.1. The molecular weight excluding hydrogens is 304 g/mol. The van der Waals surface area contributed by atoms with Crippen molar-refractivity contribution in [2.24, 2.45) is 0 Å². The highest BCUT2D eigenvalue weighted by molar-refractivity contribution is 7.98. The van der Waals surface area contributed by atoms with Crippen LogP contribution in [0.1, 0.15) is 22.3 Å².